The first kappa shape index (κ1) is 13.2. The van der Waals surface area contributed by atoms with Gasteiger partial charge in [0.2, 0.25) is 0 Å². The molecule has 0 saturated heterocycles. The molecule has 2 aromatic rings. The van der Waals surface area contributed by atoms with Crippen molar-refractivity contribution >= 4 is 23.2 Å². The topological polar surface area (TPSA) is 35.2 Å². The van der Waals surface area contributed by atoms with Crippen molar-refractivity contribution < 1.29 is 4.74 Å². The summed E-state index contributed by atoms with van der Waals surface area (Å²) in [6, 6.07) is 11.0. The molecule has 0 fully saturated rings. The normalized spacial score (nSPS) is 10.4. The fourth-order valence-corrected chi connectivity index (χ4v) is 2.14. The maximum Gasteiger partial charge on any atom is 0.146 e. The Bertz CT molecular complexity index is 570. The molecule has 2 aromatic carbocycles. The summed E-state index contributed by atoms with van der Waals surface area (Å²) in [6.45, 7) is 2.39. The van der Waals surface area contributed by atoms with Gasteiger partial charge in [-0.3, -0.25) is 0 Å². The van der Waals surface area contributed by atoms with E-state index in [2.05, 4.69) is 0 Å². The Morgan fingerprint density at radius 3 is 2.61 bits per heavy atom. The zero-order valence-corrected chi connectivity index (χ0v) is 11.4. The molecule has 0 aromatic heterocycles. The average Bonchev–Trinajstić information content (AvgIpc) is 2.34. The maximum atomic E-state index is 6.09. The summed E-state index contributed by atoms with van der Waals surface area (Å²) in [4.78, 5) is 0. The highest BCUT2D eigenvalue weighted by atomic mass is 35.5. The van der Waals surface area contributed by atoms with Crippen molar-refractivity contribution in [2.75, 3.05) is 0 Å². The number of benzene rings is 2. The molecule has 94 valence electrons. The van der Waals surface area contributed by atoms with Gasteiger partial charge in [0.05, 0.1) is 5.02 Å². The maximum absolute atomic E-state index is 6.09. The first-order chi connectivity index (χ1) is 8.61. The number of para-hydroxylation sites is 1. The number of aryl methyl sites for hydroxylation is 1. The molecule has 2 N–H and O–H groups in total. The Hall–Kier alpha value is -1.22. The van der Waals surface area contributed by atoms with E-state index in [-0.39, 0.29) is 0 Å². The summed E-state index contributed by atoms with van der Waals surface area (Å²) in [5, 5.41) is 1.06. The van der Waals surface area contributed by atoms with Crippen LogP contribution in [0.25, 0.3) is 0 Å². The summed E-state index contributed by atoms with van der Waals surface area (Å²) < 4.78 is 5.85. The van der Waals surface area contributed by atoms with E-state index >= 15 is 0 Å². The lowest BCUT2D eigenvalue weighted by atomic mass is 10.1. The number of rotatable bonds is 3. The minimum Gasteiger partial charge on any atom is -0.455 e. The van der Waals surface area contributed by atoms with Crippen molar-refractivity contribution in [3.05, 3.63) is 57.6 Å². The van der Waals surface area contributed by atoms with Crippen LogP contribution in [0.2, 0.25) is 10.0 Å². The molecule has 0 radical (unpaired) electrons. The van der Waals surface area contributed by atoms with E-state index in [0.717, 1.165) is 16.9 Å². The van der Waals surface area contributed by atoms with E-state index in [1.54, 1.807) is 18.2 Å². The second-order valence-electron chi connectivity index (χ2n) is 3.94. The molecule has 0 bridgehead atoms. The Morgan fingerprint density at radius 1 is 1.17 bits per heavy atom. The minimum absolute atomic E-state index is 0.419. The van der Waals surface area contributed by atoms with Gasteiger partial charge >= 0.3 is 0 Å². The lowest BCUT2D eigenvalue weighted by Gasteiger charge is -2.13. The molecule has 0 unspecified atom stereocenters. The third-order valence-corrected chi connectivity index (χ3v) is 3.15. The van der Waals surface area contributed by atoms with Crippen molar-refractivity contribution in [3.8, 4) is 11.5 Å². The summed E-state index contributed by atoms with van der Waals surface area (Å²) in [5.74, 6) is 1.33. The van der Waals surface area contributed by atoms with Crippen LogP contribution in [0, 0.1) is 6.92 Å². The third kappa shape index (κ3) is 2.78. The van der Waals surface area contributed by atoms with Crippen molar-refractivity contribution in [1.82, 2.24) is 0 Å². The van der Waals surface area contributed by atoms with Gasteiger partial charge in [0.1, 0.15) is 11.5 Å². The lowest BCUT2D eigenvalue weighted by molar-refractivity contribution is 0.473. The molecule has 0 atom stereocenters. The van der Waals surface area contributed by atoms with Gasteiger partial charge < -0.3 is 10.5 Å². The quantitative estimate of drug-likeness (QED) is 0.896. The zero-order chi connectivity index (χ0) is 13.1. The van der Waals surface area contributed by atoms with Crippen molar-refractivity contribution in [1.29, 1.82) is 0 Å². The number of ether oxygens (including phenoxy) is 1. The van der Waals surface area contributed by atoms with Gasteiger partial charge in [-0.25, -0.2) is 0 Å². The second-order valence-corrected chi connectivity index (χ2v) is 4.79. The van der Waals surface area contributed by atoms with E-state index in [4.69, 9.17) is 33.7 Å². The van der Waals surface area contributed by atoms with Crippen LogP contribution in [-0.2, 0) is 6.54 Å². The van der Waals surface area contributed by atoms with Crippen LogP contribution in [0.4, 0.5) is 0 Å². The fourth-order valence-electron chi connectivity index (χ4n) is 1.69. The van der Waals surface area contributed by atoms with Crippen LogP contribution in [0.1, 0.15) is 11.1 Å². The van der Waals surface area contributed by atoms with Gasteiger partial charge in [-0.1, -0.05) is 41.4 Å². The van der Waals surface area contributed by atoms with Crippen molar-refractivity contribution in [3.63, 3.8) is 0 Å². The Balaban J connectivity index is 2.39. The molecule has 0 heterocycles. The standard InChI is InChI=1S/C14H13Cl2NO/c1-9-3-2-4-10(8-17)14(9)18-13-6-5-11(15)7-12(13)16/h2-7H,8,17H2,1H3. The molecule has 2 nitrogen and oxygen atoms in total. The molecule has 4 heteroatoms. The van der Waals surface area contributed by atoms with E-state index < -0.39 is 0 Å². The number of hydrogen-bond acceptors (Lipinski definition) is 2. The Morgan fingerprint density at radius 2 is 1.94 bits per heavy atom. The van der Waals surface area contributed by atoms with E-state index in [0.29, 0.717) is 22.3 Å². The predicted molar refractivity (Wildman–Crippen MR) is 75.6 cm³/mol. The molecule has 0 aliphatic heterocycles. The summed E-state index contributed by atoms with van der Waals surface area (Å²) in [6.07, 6.45) is 0. The molecule has 2 rings (SSSR count). The highest BCUT2D eigenvalue weighted by Gasteiger charge is 2.09. The summed E-state index contributed by atoms with van der Waals surface area (Å²) in [5.41, 5.74) is 7.66. The van der Waals surface area contributed by atoms with Crippen LogP contribution in [0.3, 0.4) is 0 Å². The van der Waals surface area contributed by atoms with Crippen LogP contribution < -0.4 is 10.5 Å². The van der Waals surface area contributed by atoms with Crippen molar-refractivity contribution in [2.24, 2.45) is 5.73 Å². The highest BCUT2D eigenvalue weighted by Crippen LogP contribution is 2.34. The molecule has 18 heavy (non-hydrogen) atoms. The SMILES string of the molecule is Cc1cccc(CN)c1Oc1ccc(Cl)cc1Cl. The fraction of sp³-hybridized carbons (Fsp3) is 0.143. The van der Waals surface area contributed by atoms with E-state index in [1.807, 2.05) is 25.1 Å². The summed E-state index contributed by atoms with van der Waals surface area (Å²) in [7, 11) is 0. The third-order valence-electron chi connectivity index (χ3n) is 2.62. The molecule has 0 saturated carbocycles. The molecular weight excluding hydrogens is 269 g/mol. The largest absolute Gasteiger partial charge is 0.455 e. The smallest absolute Gasteiger partial charge is 0.146 e. The van der Waals surface area contributed by atoms with Crippen LogP contribution in [-0.4, -0.2) is 0 Å². The van der Waals surface area contributed by atoms with Crippen LogP contribution in [0.15, 0.2) is 36.4 Å². The van der Waals surface area contributed by atoms with Gasteiger partial charge in [-0.2, -0.15) is 0 Å². The van der Waals surface area contributed by atoms with Gasteiger partial charge in [-0.15, -0.1) is 0 Å². The molecule has 0 aliphatic rings. The number of nitrogens with two attached hydrogens (primary N) is 1. The zero-order valence-electron chi connectivity index (χ0n) is 9.91. The van der Waals surface area contributed by atoms with E-state index in [9.17, 15) is 0 Å². The average molecular weight is 282 g/mol. The Labute approximate surface area is 116 Å². The van der Waals surface area contributed by atoms with Gasteiger partial charge in [0, 0.05) is 17.1 Å². The van der Waals surface area contributed by atoms with Gasteiger partial charge in [0.25, 0.3) is 0 Å². The van der Waals surface area contributed by atoms with Gasteiger partial charge in [0.15, 0.2) is 0 Å². The highest BCUT2D eigenvalue weighted by molar-refractivity contribution is 6.35. The monoisotopic (exact) mass is 281 g/mol. The lowest BCUT2D eigenvalue weighted by Crippen LogP contribution is -2.01. The first-order valence-electron chi connectivity index (χ1n) is 5.53. The second kappa shape index (κ2) is 5.61. The van der Waals surface area contributed by atoms with E-state index in [1.165, 1.54) is 0 Å². The van der Waals surface area contributed by atoms with Crippen LogP contribution >= 0.6 is 23.2 Å². The first-order valence-corrected chi connectivity index (χ1v) is 6.29. The minimum atomic E-state index is 0.419. The van der Waals surface area contributed by atoms with Crippen molar-refractivity contribution in [2.45, 2.75) is 13.5 Å². The predicted octanol–water partition coefficient (Wildman–Crippen LogP) is 4.55. The van der Waals surface area contributed by atoms with Gasteiger partial charge in [-0.05, 0) is 30.7 Å². The molecule has 0 amide bonds. The van der Waals surface area contributed by atoms with Crippen LogP contribution in [0.5, 0.6) is 11.5 Å². The molecule has 0 spiro atoms. The Kier molecular flexibility index (Phi) is 4.12. The molecular formula is C14H13Cl2NO. The molecule has 0 aliphatic carbocycles. The number of hydrogen-bond donors (Lipinski definition) is 1. The summed E-state index contributed by atoms with van der Waals surface area (Å²) >= 11 is 11.9. The number of halogens is 2.